The summed E-state index contributed by atoms with van der Waals surface area (Å²) >= 11 is 6.07. The highest BCUT2D eigenvalue weighted by molar-refractivity contribution is 6.20. The van der Waals surface area contributed by atoms with Crippen LogP contribution in [0.15, 0.2) is 12.4 Å². The van der Waals surface area contributed by atoms with Gasteiger partial charge in [-0.15, -0.1) is 11.6 Å². The van der Waals surface area contributed by atoms with Gasteiger partial charge in [-0.1, -0.05) is 6.92 Å². The van der Waals surface area contributed by atoms with Crippen molar-refractivity contribution < 1.29 is 4.74 Å². The van der Waals surface area contributed by atoms with Crippen LogP contribution in [0.1, 0.15) is 31.9 Å². The minimum Gasteiger partial charge on any atom is -0.480 e. The van der Waals surface area contributed by atoms with Crippen LogP contribution in [0.25, 0.3) is 0 Å². The molecule has 14 heavy (non-hydrogen) atoms. The molecule has 2 unspecified atom stereocenters. The van der Waals surface area contributed by atoms with Gasteiger partial charge in [0.05, 0.1) is 19.0 Å². The zero-order valence-corrected chi connectivity index (χ0v) is 9.45. The number of methoxy groups -OCH3 is 1. The number of aromatic nitrogens is 2. The number of ether oxygens (including phenoxy) is 1. The van der Waals surface area contributed by atoms with E-state index in [-0.39, 0.29) is 11.3 Å². The van der Waals surface area contributed by atoms with E-state index in [0.717, 1.165) is 12.1 Å². The first-order valence-corrected chi connectivity index (χ1v) is 5.12. The molecule has 0 bridgehead atoms. The topological polar surface area (TPSA) is 35.0 Å². The van der Waals surface area contributed by atoms with Crippen LogP contribution in [-0.4, -0.2) is 22.5 Å². The third kappa shape index (κ3) is 2.58. The SMILES string of the molecule is CCC(c1cncc(OC)n1)C(C)Cl. The summed E-state index contributed by atoms with van der Waals surface area (Å²) in [7, 11) is 1.58. The maximum atomic E-state index is 6.07. The zero-order valence-electron chi connectivity index (χ0n) is 8.70. The number of alkyl halides is 1. The predicted molar refractivity (Wildman–Crippen MR) is 56.9 cm³/mol. The van der Waals surface area contributed by atoms with Crippen molar-refractivity contribution in [3.05, 3.63) is 18.1 Å². The summed E-state index contributed by atoms with van der Waals surface area (Å²) in [4.78, 5) is 8.38. The lowest BCUT2D eigenvalue weighted by Gasteiger charge is -2.16. The van der Waals surface area contributed by atoms with E-state index >= 15 is 0 Å². The van der Waals surface area contributed by atoms with Gasteiger partial charge in [-0.3, -0.25) is 4.98 Å². The smallest absolute Gasteiger partial charge is 0.232 e. The molecule has 1 aromatic rings. The number of hydrogen-bond donors (Lipinski definition) is 0. The summed E-state index contributed by atoms with van der Waals surface area (Å²) < 4.78 is 5.01. The molecule has 3 nitrogen and oxygen atoms in total. The second kappa shape index (κ2) is 5.15. The van der Waals surface area contributed by atoms with Gasteiger partial charge in [0, 0.05) is 17.5 Å². The number of nitrogens with zero attached hydrogens (tertiary/aromatic N) is 2. The normalized spacial score (nSPS) is 14.9. The van der Waals surface area contributed by atoms with Crippen LogP contribution in [0.2, 0.25) is 0 Å². The van der Waals surface area contributed by atoms with Gasteiger partial charge in [-0.05, 0) is 13.3 Å². The third-order valence-electron chi connectivity index (χ3n) is 2.21. The molecule has 0 spiro atoms. The molecule has 1 heterocycles. The molecule has 0 radical (unpaired) electrons. The lowest BCUT2D eigenvalue weighted by Crippen LogP contribution is -2.11. The summed E-state index contributed by atoms with van der Waals surface area (Å²) in [5, 5.41) is 0.0569. The van der Waals surface area contributed by atoms with Gasteiger partial charge in [0.15, 0.2) is 0 Å². The maximum absolute atomic E-state index is 6.07. The van der Waals surface area contributed by atoms with Gasteiger partial charge in [0.2, 0.25) is 5.88 Å². The minimum atomic E-state index is 0.0569. The monoisotopic (exact) mass is 214 g/mol. The molecule has 0 N–H and O–H groups in total. The van der Waals surface area contributed by atoms with Crippen molar-refractivity contribution in [2.45, 2.75) is 31.6 Å². The van der Waals surface area contributed by atoms with Crippen molar-refractivity contribution >= 4 is 11.6 Å². The number of halogens is 1. The quantitative estimate of drug-likeness (QED) is 0.723. The number of rotatable bonds is 4. The van der Waals surface area contributed by atoms with Crippen molar-refractivity contribution in [2.75, 3.05) is 7.11 Å². The minimum absolute atomic E-state index is 0.0569. The first-order valence-electron chi connectivity index (χ1n) is 4.69. The average molecular weight is 215 g/mol. The Bertz CT molecular complexity index is 291. The highest BCUT2D eigenvalue weighted by atomic mass is 35.5. The Morgan fingerprint density at radius 2 is 2.21 bits per heavy atom. The van der Waals surface area contributed by atoms with E-state index in [9.17, 15) is 0 Å². The highest BCUT2D eigenvalue weighted by Crippen LogP contribution is 2.25. The van der Waals surface area contributed by atoms with Crippen molar-refractivity contribution in [1.29, 1.82) is 0 Å². The molecular formula is C10H15ClN2O. The zero-order chi connectivity index (χ0) is 10.6. The predicted octanol–water partition coefficient (Wildman–Crippen LogP) is 2.61. The summed E-state index contributed by atoms with van der Waals surface area (Å²) in [6, 6.07) is 0. The molecule has 0 aliphatic rings. The van der Waals surface area contributed by atoms with E-state index in [1.54, 1.807) is 19.5 Å². The van der Waals surface area contributed by atoms with E-state index in [1.165, 1.54) is 0 Å². The fourth-order valence-corrected chi connectivity index (χ4v) is 1.72. The lowest BCUT2D eigenvalue weighted by molar-refractivity contribution is 0.392. The Morgan fingerprint density at radius 1 is 1.50 bits per heavy atom. The van der Waals surface area contributed by atoms with Crippen molar-refractivity contribution in [1.82, 2.24) is 9.97 Å². The molecule has 1 aromatic heterocycles. The molecule has 78 valence electrons. The second-order valence-electron chi connectivity index (χ2n) is 3.18. The van der Waals surface area contributed by atoms with Crippen LogP contribution >= 0.6 is 11.6 Å². The van der Waals surface area contributed by atoms with E-state index in [2.05, 4.69) is 16.9 Å². The van der Waals surface area contributed by atoms with Gasteiger partial charge in [-0.2, -0.15) is 0 Å². The van der Waals surface area contributed by atoms with E-state index in [0.29, 0.717) is 5.88 Å². The number of hydrogen-bond acceptors (Lipinski definition) is 3. The van der Waals surface area contributed by atoms with Gasteiger partial charge < -0.3 is 4.74 Å². The maximum Gasteiger partial charge on any atom is 0.232 e. The molecular weight excluding hydrogens is 200 g/mol. The largest absolute Gasteiger partial charge is 0.480 e. The van der Waals surface area contributed by atoms with Crippen LogP contribution in [0.5, 0.6) is 5.88 Å². The fourth-order valence-electron chi connectivity index (χ4n) is 1.41. The van der Waals surface area contributed by atoms with Crippen LogP contribution in [0, 0.1) is 0 Å². The fraction of sp³-hybridized carbons (Fsp3) is 0.600. The van der Waals surface area contributed by atoms with Gasteiger partial charge >= 0.3 is 0 Å². The molecule has 0 aromatic carbocycles. The summed E-state index contributed by atoms with van der Waals surface area (Å²) in [5.74, 6) is 0.775. The van der Waals surface area contributed by atoms with Crippen molar-refractivity contribution in [3.63, 3.8) is 0 Å². The Hall–Kier alpha value is -0.830. The van der Waals surface area contributed by atoms with Crippen molar-refractivity contribution in [2.24, 2.45) is 0 Å². The molecule has 0 saturated carbocycles. The molecule has 0 saturated heterocycles. The van der Waals surface area contributed by atoms with Gasteiger partial charge in [0.25, 0.3) is 0 Å². The van der Waals surface area contributed by atoms with Crippen molar-refractivity contribution in [3.8, 4) is 5.88 Å². The van der Waals surface area contributed by atoms with E-state index < -0.39 is 0 Å². The lowest BCUT2D eigenvalue weighted by atomic mass is 9.99. The van der Waals surface area contributed by atoms with Crippen LogP contribution in [0.4, 0.5) is 0 Å². The van der Waals surface area contributed by atoms with Crippen LogP contribution in [-0.2, 0) is 0 Å². The molecule has 1 rings (SSSR count). The Balaban J connectivity index is 2.92. The molecule has 0 amide bonds. The molecule has 0 aliphatic carbocycles. The summed E-state index contributed by atoms with van der Waals surface area (Å²) in [6.45, 7) is 4.06. The average Bonchev–Trinajstić information content (AvgIpc) is 2.19. The summed E-state index contributed by atoms with van der Waals surface area (Å²) in [5.41, 5.74) is 0.898. The second-order valence-corrected chi connectivity index (χ2v) is 3.87. The van der Waals surface area contributed by atoms with E-state index in [1.807, 2.05) is 6.92 Å². The summed E-state index contributed by atoms with van der Waals surface area (Å²) in [6.07, 6.45) is 4.29. The highest BCUT2D eigenvalue weighted by Gasteiger charge is 2.17. The standard InChI is InChI=1S/C10H15ClN2O/c1-4-8(7(2)11)9-5-12-6-10(13-9)14-3/h5-8H,4H2,1-3H3. The molecule has 0 aliphatic heterocycles. The molecule has 2 atom stereocenters. The Morgan fingerprint density at radius 3 is 2.71 bits per heavy atom. The first-order chi connectivity index (χ1) is 6.69. The van der Waals surface area contributed by atoms with Crippen LogP contribution < -0.4 is 4.74 Å². The van der Waals surface area contributed by atoms with Gasteiger partial charge in [0.1, 0.15) is 0 Å². The Kier molecular flexibility index (Phi) is 4.14. The molecule has 0 fully saturated rings. The molecule has 4 heteroatoms. The van der Waals surface area contributed by atoms with E-state index in [4.69, 9.17) is 16.3 Å². The Labute approximate surface area is 89.5 Å². The van der Waals surface area contributed by atoms with Crippen LogP contribution in [0.3, 0.4) is 0 Å². The first kappa shape index (κ1) is 11.2. The van der Waals surface area contributed by atoms with Gasteiger partial charge in [-0.25, -0.2) is 4.98 Å². The third-order valence-corrected chi connectivity index (χ3v) is 2.52.